The number of halogens is 1. The van der Waals surface area contributed by atoms with Gasteiger partial charge < -0.3 is 9.53 Å². The standard InChI is InChI=1S/C10H9ClO2/c11-9-5-7(1-3-12)10-8(6-9)2-4-13-10/h3,5-6H,1-2,4H2. The molecule has 0 spiro atoms. The van der Waals surface area contributed by atoms with Crippen LogP contribution in [0.3, 0.4) is 0 Å². The monoisotopic (exact) mass is 196 g/mol. The van der Waals surface area contributed by atoms with E-state index >= 15 is 0 Å². The molecular formula is C10H9ClO2. The molecule has 1 aromatic rings. The number of carbonyl (C=O) groups is 1. The smallest absolute Gasteiger partial charge is 0.126 e. The van der Waals surface area contributed by atoms with E-state index in [1.807, 2.05) is 6.07 Å². The minimum absolute atomic E-state index is 0.378. The summed E-state index contributed by atoms with van der Waals surface area (Å²) in [6.07, 6.45) is 2.14. The molecule has 0 N–H and O–H groups in total. The first kappa shape index (κ1) is 8.57. The van der Waals surface area contributed by atoms with E-state index < -0.39 is 0 Å². The molecule has 1 aromatic carbocycles. The van der Waals surface area contributed by atoms with Crippen LogP contribution in [0.4, 0.5) is 0 Å². The Hall–Kier alpha value is -1.02. The number of ether oxygens (including phenoxy) is 1. The van der Waals surface area contributed by atoms with Gasteiger partial charge in [0, 0.05) is 23.4 Å². The van der Waals surface area contributed by atoms with E-state index in [0.717, 1.165) is 29.6 Å². The molecule has 0 amide bonds. The van der Waals surface area contributed by atoms with Crippen molar-refractivity contribution in [3.63, 3.8) is 0 Å². The zero-order valence-corrected chi connectivity index (χ0v) is 7.80. The second kappa shape index (κ2) is 3.38. The van der Waals surface area contributed by atoms with Crippen LogP contribution in [0.2, 0.25) is 5.02 Å². The molecule has 1 heterocycles. The lowest BCUT2D eigenvalue weighted by Gasteiger charge is -2.05. The highest BCUT2D eigenvalue weighted by Gasteiger charge is 2.16. The molecule has 0 saturated heterocycles. The molecule has 0 bridgehead atoms. The van der Waals surface area contributed by atoms with Crippen molar-refractivity contribution in [3.8, 4) is 5.75 Å². The van der Waals surface area contributed by atoms with Crippen LogP contribution >= 0.6 is 11.6 Å². The van der Waals surface area contributed by atoms with Gasteiger partial charge in [-0.25, -0.2) is 0 Å². The molecule has 13 heavy (non-hydrogen) atoms. The summed E-state index contributed by atoms with van der Waals surface area (Å²) in [7, 11) is 0. The summed E-state index contributed by atoms with van der Waals surface area (Å²) in [5.74, 6) is 0.858. The lowest BCUT2D eigenvalue weighted by Crippen LogP contribution is -1.92. The summed E-state index contributed by atoms with van der Waals surface area (Å²) in [6, 6.07) is 3.69. The van der Waals surface area contributed by atoms with Crippen molar-refractivity contribution >= 4 is 17.9 Å². The van der Waals surface area contributed by atoms with E-state index in [-0.39, 0.29) is 0 Å². The number of carbonyl (C=O) groups excluding carboxylic acids is 1. The third-order valence-electron chi connectivity index (χ3n) is 2.13. The van der Waals surface area contributed by atoms with Crippen LogP contribution < -0.4 is 4.74 Å². The quantitative estimate of drug-likeness (QED) is 0.677. The Labute approximate surface area is 81.5 Å². The second-order valence-electron chi connectivity index (χ2n) is 3.02. The highest BCUT2D eigenvalue weighted by molar-refractivity contribution is 6.30. The van der Waals surface area contributed by atoms with Crippen molar-refractivity contribution in [2.45, 2.75) is 12.8 Å². The fourth-order valence-corrected chi connectivity index (χ4v) is 1.85. The molecule has 0 saturated carbocycles. The van der Waals surface area contributed by atoms with Crippen molar-refractivity contribution < 1.29 is 9.53 Å². The molecule has 68 valence electrons. The van der Waals surface area contributed by atoms with Gasteiger partial charge in [-0.2, -0.15) is 0 Å². The van der Waals surface area contributed by atoms with Gasteiger partial charge in [-0.3, -0.25) is 0 Å². The van der Waals surface area contributed by atoms with Gasteiger partial charge in [-0.05, 0) is 17.7 Å². The molecular weight excluding hydrogens is 188 g/mol. The maximum atomic E-state index is 10.4. The molecule has 0 aliphatic carbocycles. The molecule has 2 nitrogen and oxygen atoms in total. The second-order valence-corrected chi connectivity index (χ2v) is 3.46. The average molecular weight is 197 g/mol. The van der Waals surface area contributed by atoms with Gasteiger partial charge in [0.2, 0.25) is 0 Å². The SMILES string of the molecule is O=CCc1cc(Cl)cc2c1OCC2. The lowest BCUT2D eigenvalue weighted by molar-refractivity contribution is -0.107. The van der Waals surface area contributed by atoms with Gasteiger partial charge in [-0.1, -0.05) is 11.6 Å². The predicted molar refractivity (Wildman–Crippen MR) is 50.4 cm³/mol. The van der Waals surface area contributed by atoms with E-state index in [1.165, 1.54) is 0 Å². The first-order chi connectivity index (χ1) is 6.31. The molecule has 2 rings (SSSR count). The fourth-order valence-electron chi connectivity index (χ4n) is 1.59. The Morgan fingerprint density at radius 1 is 1.54 bits per heavy atom. The summed E-state index contributed by atoms with van der Waals surface area (Å²) in [5, 5.41) is 0.682. The van der Waals surface area contributed by atoms with Crippen LogP contribution in [0.5, 0.6) is 5.75 Å². The van der Waals surface area contributed by atoms with Crippen molar-refractivity contribution in [1.82, 2.24) is 0 Å². The van der Waals surface area contributed by atoms with Crippen molar-refractivity contribution in [2.24, 2.45) is 0 Å². The van der Waals surface area contributed by atoms with Crippen LogP contribution in [0.25, 0.3) is 0 Å². The van der Waals surface area contributed by atoms with Gasteiger partial charge >= 0.3 is 0 Å². The number of fused-ring (bicyclic) bond motifs is 1. The third kappa shape index (κ3) is 1.54. The van der Waals surface area contributed by atoms with Crippen molar-refractivity contribution in [3.05, 3.63) is 28.3 Å². The Morgan fingerprint density at radius 3 is 3.15 bits per heavy atom. The van der Waals surface area contributed by atoms with Gasteiger partial charge in [0.15, 0.2) is 0 Å². The fraction of sp³-hybridized carbons (Fsp3) is 0.300. The Kier molecular flexibility index (Phi) is 2.23. The molecule has 0 fully saturated rings. The van der Waals surface area contributed by atoms with Crippen molar-refractivity contribution in [1.29, 1.82) is 0 Å². The minimum Gasteiger partial charge on any atom is -0.493 e. The summed E-state index contributed by atoms with van der Waals surface area (Å²) < 4.78 is 5.42. The Balaban J connectivity index is 2.48. The normalized spacial score (nSPS) is 13.6. The maximum absolute atomic E-state index is 10.4. The summed E-state index contributed by atoms with van der Waals surface area (Å²) in [5.41, 5.74) is 2.01. The number of hydrogen-bond donors (Lipinski definition) is 0. The highest BCUT2D eigenvalue weighted by atomic mass is 35.5. The molecule has 1 aliphatic rings. The highest BCUT2D eigenvalue weighted by Crippen LogP contribution is 2.32. The van der Waals surface area contributed by atoms with E-state index in [2.05, 4.69) is 0 Å². The first-order valence-corrected chi connectivity index (χ1v) is 4.57. The number of hydrogen-bond acceptors (Lipinski definition) is 2. The molecule has 0 radical (unpaired) electrons. The predicted octanol–water partition coefficient (Wildman–Crippen LogP) is 2.02. The Bertz CT molecular complexity index is 347. The van der Waals surface area contributed by atoms with Crippen LogP contribution in [-0.2, 0) is 17.6 Å². The number of aldehydes is 1. The van der Waals surface area contributed by atoms with E-state index in [1.54, 1.807) is 6.07 Å². The molecule has 1 aliphatic heterocycles. The Morgan fingerprint density at radius 2 is 2.38 bits per heavy atom. The molecule has 3 heteroatoms. The maximum Gasteiger partial charge on any atom is 0.126 e. The first-order valence-electron chi connectivity index (χ1n) is 4.19. The van der Waals surface area contributed by atoms with E-state index in [4.69, 9.17) is 16.3 Å². The summed E-state index contributed by atoms with van der Waals surface area (Å²) in [4.78, 5) is 10.4. The van der Waals surface area contributed by atoms with Gasteiger partial charge in [0.05, 0.1) is 6.61 Å². The van der Waals surface area contributed by atoms with Gasteiger partial charge in [0.1, 0.15) is 12.0 Å². The summed E-state index contributed by atoms with van der Waals surface area (Å²) >= 11 is 5.89. The van der Waals surface area contributed by atoms with Gasteiger partial charge in [0.25, 0.3) is 0 Å². The van der Waals surface area contributed by atoms with Crippen molar-refractivity contribution in [2.75, 3.05) is 6.61 Å². The van der Waals surface area contributed by atoms with E-state index in [0.29, 0.717) is 18.1 Å². The zero-order chi connectivity index (χ0) is 9.26. The van der Waals surface area contributed by atoms with Crippen LogP contribution in [-0.4, -0.2) is 12.9 Å². The topological polar surface area (TPSA) is 26.3 Å². The van der Waals surface area contributed by atoms with Gasteiger partial charge in [-0.15, -0.1) is 0 Å². The number of rotatable bonds is 2. The largest absolute Gasteiger partial charge is 0.493 e. The molecule has 0 unspecified atom stereocenters. The average Bonchev–Trinajstić information content (AvgIpc) is 2.52. The zero-order valence-electron chi connectivity index (χ0n) is 7.05. The molecule has 0 atom stereocenters. The lowest BCUT2D eigenvalue weighted by atomic mass is 10.1. The third-order valence-corrected chi connectivity index (χ3v) is 2.35. The van der Waals surface area contributed by atoms with Crippen LogP contribution in [0.15, 0.2) is 12.1 Å². The molecule has 0 aromatic heterocycles. The van der Waals surface area contributed by atoms with Crippen LogP contribution in [0, 0.1) is 0 Å². The van der Waals surface area contributed by atoms with Crippen LogP contribution in [0.1, 0.15) is 11.1 Å². The minimum atomic E-state index is 0.378. The summed E-state index contributed by atoms with van der Waals surface area (Å²) in [6.45, 7) is 0.696. The number of benzene rings is 1. The van der Waals surface area contributed by atoms with E-state index in [9.17, 15) is 4.79 Å².